The van der Waals surface area contributed by atoms with Gasteiger partial charge in [-0.25, -0.2) is 8.42 Å². The molecule has 0 aromatic heterocycles. The average molecular weight is 287 g/mol. The van der Waals surface area contributed by atoms with Crippen molar-refractivity contribution >= 4 is 15.7 Å². The first-order valence-corrected chi connectivity index (χ1v) is 8.24. The molecule has 1 aliphatic carbocycles. The SMILES string of the molecule is Cc1ccc(NS(=O)(=O)c2ccc3c(c2)CCC3)cc1. The zero-order chi connectivity index (χ0) is 14.2. The van der Waals surface area contributed by atoms with Crippen molar-refractivity contribution in [3.8, 4) is 0 Å². The molecule has 0 radical (unpaired) electrons. The quantitative estimate of drug-likeness (QED) is 0.941. The van der Waals surface area contributed by atoms with Gasteiger partial charge in [0, 0.05) is 5.69 Å². The van der Waals surface area contributed by atoms with Gasteiger partial charge in [-0.3, -0.25) is 4.72 Å². The maximum atomic E-state index is 12.4. The topological polar surface area (TPSA) is 46.2 Å². The second-order valence-electron chi connectivity index (χ2n) is 5.26. The lowest BCUT2D eigenvalue weighted by molar-refractivity contribution is 0.601. The van der Waals surface area contributed by atoms with Crippen LogP contribution in [0.5, 0.6) is 0 Å². The van der Waals surface area contributed by atoms with Crippen LogP contribution in [0.1, 0.15) is 23.1 Å². The zero-order valence-electron chi connectivity index (χ0n) is 11.4. The van der Waals surface area contributed by atoms with Crippen molar-refractivity contribution in [2.45, 2.75) is 31.1 Å². The van der Waals surface area contributed by atoms with Crippen LogP contribution < -0.4 is 4.72 Å². The van der Waals surface area contributed by atoms with E-state index in [1.807, 2.05) is 25.1 Å². The van der Waals surface area contributed by atoms with Gasteiger partial charge in [-0.1, -0.05) is 23.8 Å². The van der Waals surface area contributed by atoms with E-state index in [4.69, 9.17) is 0 Å². The summed E-state index contributed by atoms with van der Waals surface area (Å²) in [6.45, 7) is 1.97. The van der Waals surface area contributed by atoms with Crippen LogP contribution in [-0.4, -0.2) is 8.42 Å². The van der Waals surface area contributed by atoms with Crippen LogP contribution in [0.2, 0.25) is 0 Å². The molecule has 0 bridgehead atoms. The van der Waals surface area contributed by atoms with Crippen molar-refractivity contribution in [3.63, 3.8) is 0 Å². The summed E-state index contributed by atoms with van der Waals surface area (Å²) in [5.74, 6) is 0. The first kappa shape index (κ1) is 13.2. The normalized spacial score (nSPS) is 14.1. The van der Waals surface area contributed by atoms with E-state index in [9.17, 15) is 8.42 Å². The highest BCUT2D eigenvalue weighted by Gasteiger charge is 2.18. The number of hydrogen-bond acceptors (Lipinski definition) is 2. The highest BCUT2D eigenvalue weighted by atomic mass is 32.2. The second-order valence-corrected chi connectivity index (χ2v) is 6.94. The van der Waals surface area contributed by atoms with E-state index >= 15 is 0 Å². The van der Waals surface area contributed by atoms with Gasteiger partial charge in [-0.2, -0.15) is 0 Å². The summed E-state index contributed by atoms with van der Waals surface area (Å²) < 4.78 is 27.4. The summed E-state index contributed by atoms with van der Waals surface area (Å²) in [6.07, 6.45) is 3.15. The number of sulfonamides is 1. The van der Waals surface area contributed by atoms with Crippen LogP contribution >= 0.6 is 0 Å². The van der Waals surface area contributed by atoms with Crippen molar-refractivity contribution < 1.29 is 8.42 Å². The fraction of sp³-hybridized carbons (Fsp3) is 0.250. The van der Waals surface area contributed by atoms with E-state index in [1.54, 1.807) is 24.3 Å². The third kappa shape index (κ3) is 2.56. The van der Waals surface area contributed by atoms with Gasteiger partial charge in [0.15, 0.2) is 0 Å². The fourth-order valence-electron chi connectivity index (χ4n) is 2.55. The third-order valence-corrected chi connectivity index (χ3v) is 5.06. The summed E-state index contributed by atoms with van der Waals surface area (Å²) >= 11 is 0. The molecule has 0 amide bonds. The summed E-state index contributed by atoms with van der Waals surface area (Å²) in [4.78, 5) is 0.346. The Morgan fingerprint density at radius 3 is 2.40 bits per heavy atom. The Hall–Kier alpha value is -1.81. The first-order valence-electron chi connectivity index (χ1n) is 6.76. The number of benzene rings is 2. The van der Waals surface area contributed by atoms with Crippen molar-refractivity contribution in [3.05, 3.63) is 59.2 Å². The molecule has 1 aliphatic rings. The van der Waals surface area contributed by atoms with Crippen LogP contribution in [-0.2, 0) is 22.9 Å². The predicted octanol–water partition coefficient (Wildman–Crippen LogP) is 3.28. The minimum absolute atomic E-state index is 0.346. The molecular weight excluding hydrogens is 270 g/mol. The minimum atomic E-state index is -3.50. The van der Waals surface area contributed by atoms with Crippen LogP contribution in [0.25, 0.3) is 0 Å². The second kappa shape index (κ2) is 4.94. The molecule has 0 unspecified atom stereocenters. The van der Waals surface area contributed by atoms with Crippen LogP contribution in [0.15, 0.2) is 47.4 Å². The van der Waals surface area contributed by atoms with Gasteiger partial charge in [-0.15, -0.1) is 0 Å². The van der Waals surface area contributed by atoms with Crippen LogP contribution in [0.4, 0.5) is 5.69 Å². The fourth-order valence-corrected chi connectivity index (χ4v) is 3.66. The Kier molecular flexibility index (Phi) is 3.26. The van der Waals surface area contributed by atoms with Crippen LogP contribution in [0.3, 0.4) is 0 Å². The molecule has 2 aromatic carbocycles. The van der Waals surface area contributed by atoms with E-state index in [2.05, 4.69) is 4.72 Å². The molecule has 3 rings (SSSR count). The number of aryl methyl sites for hydroxylation is 3. The van der Waals surface area contributed by atoms with E-state index in [0.29, 0.717) is 10.6 Å². The lowest BCUT2D eigenvalue weighted by Crippen LogP contribution is -2.13. The lowest BCUT2D eigenvalue weighted by Gasteiger charge is -2.09. The smallest absolute Gasteiger partial charge is 0.261 e. The Bertz CT molecular complexity index is 734. The summed E-state index contributed by atoms with van der Waals surface area (Å²) in [5, 5.41) is 0. The molecule has 4 heteroatoms. The lowest BCUT2D eigenvalue weighted by atomic mass is 10.1. The maximum absolute atomic E-state index is 12.4. The van der Waals surface area contributed by atoms with Gasteiger partial charge in [0.05, 0.1) is 4.90 Å². The van der Waals surface area contributed by atoms with Gasteiger partial charge in [0.25, 0.3) is 10.0 Å². The zero-order valence-corrected chi connectivity index (χ0v) is 12.2. The maximum Gasteiger partial charge on any atom is 0.261 e. The Morgan fingerprint density at radius 1 is 0.950 bits per heavy atom. The van der Waals surface area contributed by atoms with Gasteiger partial charge in [0.2, 0.25) is 0 Å². The van der Waals surface area contributed by atoms with Crippen molar-refractivity contribution in [2.24, 2.45) is 0 Å². The van der Waals surface area contributed by atoms with Crippen molar-refractivity contribution in [1.82, 2.24) is 0 Å². The number of rotatable bonds is 3. The molecule has 20 heavy (non-hydrogen) atoms. The van der Waals surface area contributed by atoms with Crippen LogP contribution in [0, 0.1) is 6.92 Å². The summed E-state index contributed by atoms with van der Waals surface area (Å²) in [7, 11) is -3.50. The van der Waals surface area contributed by atoms with Crippen molar-refractivity contribution in [1.29, 1.82) is 0 Å². The number of hydrogen-bond donors (Lipinski definition) is 1. The largest absolute Gasteiger partial charge is 0.280 e. The summed E-state index contributed by atoms with van der Waals surface area (Å²) in [5.41, 5.74) is 4.14. The standard InChI is InChI=1S/C16H17NO2S/c1-12-5-8-15(9-6-12)17-20(18,19)16-10-7-13-3-2-4-14(13)11-16/h5-11,17H,2-4H2,1H3. The molecule has 0 atom stereocenters. The predicted molar refractivity (Wildman–Crippen MR) is 80.5 cm³/mol. The van der Waals surface area contributed by atoms with E-state index < -0.39 is 10.0 Å². The highest BCUT2D eigenvalue weighted by Crippen LogP contribution is 2.25. The minimum Gasteiger partial charge on any atom is -0.280 e. The molecule has 2 aromatic rings. The Labute approximate surface area is 119 Å². The number of fused-ring (bicyclic) bond motifs is 1. The molecule has 1 N–H and O–H groups in total. The average Bonchev–Trinajstić information content (AvgIpc) is 2.88. The molecule has 3 nitrogen and oxygen atoms in total. The van der Waals surface area contributed by atoms with Gasteiger partial charge in [0.1, 0.15) is 0 Å². The monoisotopic (exact) mass is 287 g/mol. The molecule has 0 saturated carbocycles. The summed E-state index contributed by atoms with van der Waals surface area (Å²) in [6, 6.07) is 12.8. The molecule has 0 heterocycles. The third-order valence-electron chi connectivity index (χ3n) is 3.68. The number of anilines is 1. The van der Waals surface area contributed by atoms with Gasteiger partial charge in [-0.05, 0) is 61.6 Å². The molecule has 0 aliphatic heterocycles. The van der Waals surface area contributed by atoms with Gasteiger partial charge < -0.3 is 0 Å². The Morgan fingerprint density at radius 2 is 1.65 bits per heavy atom. The van der Waals surface area contributed by atoms with E-state index in [0.717, 1.165) is 30.4 Å². The molecule has 104 valence electrons. The molecular formula is C16H17NO2S. The van der Waals surface area contributed by atoms with E-state index in [1.165, 1.54) is 5.56 Å². The molecule has 0 saturated heterocycles. The number of nitrogens with one attached hydrogen (secondary N) is 1. The highest BCUT2D eigenvalue weighted by molar-refractivity contribution is 7.92. The molecule has 0 spiro atoms. The molecule has 0 fully saturated rings. The van der Waals surface area contributed by atoms with Crippen molar-refractivity contribution in [2.75, 3.05) is 4.72 Å². The Balaban J connectivity index is 1.90. The first-order chi connectivity index (χ1) is 9.54. The van der Waals surface area contributed by atoms with Gasteiger partial charge >= 0.3 is 0 Å². The van der Waals surface area contributed by atoms with E-state index in [-0.39, 0.29) is 0 Å².